The van der Waals surface area contributed by atoms with Gasteiger partial charge in [-0.1, -0.05) is 12.1 Å². The van der Waals surface area contributed by atoms with Gasteiger partial charge in [0, 0.05) is 0 Å². The van der Waals surface area contributed by atoms with Crippen LogP contribution in [0.3, 0.4) is 0 Å². The van der Waals surface area contributed by atoms with Crippen LogP contribution < -0.4 is 9.47 Å². The minimum Gasteiger partial charge on any atom is -0.459 e. The van der Waals surface area contributed by atoms with Crippen LogP contribution in [0.25, 0.3) is 6.08 Å². The third-order valence-corrected chi connectivity index (χ3v) is 3.51. The zero-order valence-electron chi connectivity index (χ0n) is 12.8. The fraction of sp³-hybridized carbons (Fsp3) is 0.111. The van der Waals surface area contributed by atoms with E-state index in [1.165, 1.54) is 6.26 Å². The summed E-state index contributed by atoms with van der Waals surface area (Å²) in [5, 5.41) is 0. The van der Waals surface area contributed by atoms with Crippen molar-refractivity contribution in [1.82, 2.24) is 0 Å². The first kappa shape index (κ1) is 14.3. The van der Waals surface area contributed by atoms with Crippen LogP contribution in [0.2, 0.25) is 0 Å². The summed E-state index contributed by atoms with van der Waals surface area (Å²) < 4.78 is 20.9. The first-order valence-electron chi connectivity index (χ1n) is 7.33. The molecular weight excluding hydrogens is 310 g/mol. The molecule has 2 aliphatic rings. The molecule has 1 aromatic carbocycles. The number of carbonyl (C=O) groups is 1. The standard InChI is InChI=1S/C18H13NO5/c1-11(7-12-4-5-14-16(9-12)23-10-22-14)8-13-18(20)24-17(19-13)15-3-2-6-21-15/h2-9H,10H2,1H3/b11-7+,13-8-. The van der Waals surface area contributed by atoms with Crippen molar-refractivity contribution in [3.8, 4) is 11.5 Å². The number of carbonyl (C=O) groups excluding carboxylic acids is 1. The van der Waals surface area contributed by atoms with Gasteiger partial charge in [0.05, 0.1) is 6.26 Å². The second-order valence-electron chi connectivity index (χ2n) is 5.31. The normalized spacial score (nSPS) is 18.0. The van der Waals surface area contributed by atoms with Gasteiger partial charge in [-0.05, 0) is 48.4 Å². The Morgan fingerprint density at radius 2 is 2.08 bits per heavy atom. The summed E-state index contributed by atoms with van der Waals surface area (Å²) in [5.74, 6) is 1.54. The van der Waals surface area contributed by atoms with Crippen molar-refractivity contribution in [3.05, 3.63) is 65.3 Å². The topological polar surface area (TPSA) is 70.3 Å². The molecule has 4 rings (SSSR count). The lowest BCUT2D eigenvalue weighted by Crippen LogP contribution is -2.04. The molecule has 1 aromatic heterocycles. The lowest BCUT2D eigenvalue weighted by atomic mass is 10.1. The molecule has 2 aromatic rings. The number of aliphatic imine (C=N–C) groups is 1. The van der Waals surface area contributed by atoms with E-state index in [0.717, 1.165) is 16.9 Å². The van der Waals surface area contributed by atoms with Crippen LogP contribution in [0, 0.1) is 0 Å². The Hall–Kier alpha value is -3.28. The number of hydrogen-bond acceptors (Lipinski definition) is 6. The zero-order valence-corrected chi connectivity index (χ0v) is 12.8. The number of allylic oxidation sites excluding steroid dienone is 2. The molecule has 0 N–H and O–H groups in total. The number of rotatable bonds is 3. The second-order valence-corrected chi connectivity index (χ2v) is 5.31. The van der Waals surface area contributed by atoms with Crippen molar-refractivity contribution >= 4 is 17.9 Å². The summed E-state index contributed by atoms with van der Waals surface area (Å²) in [5.41, 5.74) is 2.02. The fourth-order valence-electron chi connectivity index (χ4n) is 2.44. The van der Waals surface area contributed by atoms with Crippen LogP contribution in [0.15, 0.2) is 63.4 Å². The Morgan fingerprint density at radius 1 is 1.21 bits per heavy atom. The van der Waals surface area contributed by atoms with Crippen LogP contribution in [0.4, 0.5) is 0 Å². The van der Waals surface area contributed by atoms with Gasteiger partial charge in [0.15, 0.2) is 23.0 Å². The average molecular weight is 323 g/mol. The van der Waals surface area contributed by atoms with Crippen molar-refractivity contribution in [3.63, 3.8) is 0 Å². The second kappa shape index (κ2) is 5.73. The molecule has 0 spiro atoms. The van der Waals surface area contributed by atoms with Gasteiger partial charge in [0.1, 0.15) is 0 Å². The molecule has 0 bridgehead atoms. The summed E-state index contributed by atoms with van der Waals surface area (Å²) in [7, 11) is 0. The molecule has 24 heavy (non-hydrogen) atoms. The first-order chi connectivity index (χ1) is 11.7. The predicted molar refractivity (Wildman–Crippen MR) is 85.6 cm³/mol. The molecule has 0 atom stereocenters. The summed E-state index contributed by atoms with van der Waals surface area (Å²) in [6.45, 7) is 2.12. The van der Waals surface area contributed by atoms with Gasteiger partial charge >= 0.3 is 5.97 Å². The minimum absolute atomic E-state index is 0.173. The molecule has 2 aliphatic heterocycles. The third kappa shape index (κ3) is 2.69. The van der Waals surface area contributed by atoms with Gasteiger partial charge in [-0.15, -0.1) is 0 Å². The van der Waals surface area contributed by atoms with Gasteiger partial charge in [-0.3, -0.25) is 0 Å². The maximum absolute atomic E-state index is 11.9. The quantitative estimate of drug-likeness (QED) is 0.640. The number of benzene rings is 1. The molecular formula is C18H13NO5. The van der Waals surface area contributed by atoms with Crippen LogP contribution in [0.1, 0.15) is 18.2 Å². The number of hydrogen-bond donors (Lipinski definition) is 0. The van der Waals surface area contributed by atoms with Crippen molar-refractivity contribution in [2.75, 3.05) is 6.79 Å². The van der Waals surface area contributed by atoms with E-state index in [1.807, 2.05) is 31.2 Å². The van der Waals surface area contributed by atoms with E-state index in [2.05, 4.69) is 4.99 Å². The van der Waals surface area contributed by atoms with Crippen LogP contribution in [-0.4, -0.2) is 18.7 Å². The van der Waals surface area contributed by atoms with Crippen molar-refractivity contribution in [1.29, 1.82) is 0 Å². The molecule has 6 heteroatoms. The molecule has 3 heterocycles. The zero-order chi connectivity index (χ0) is 16.5. The highest BCUT2D eigenvalue weighted by atomic mass is 16.7. The summed E-state index contributed by atoms with van der Waals surface area (Å²) in [4.78, 5) is 16.1. The number of nitrogens with zero attached hydrogens (tertiary/aromatic N) is 1. The lowest BCUT2D eigenvalue weighted by molar-refractivity contribution is -0.130. The molecule has 120 valence electrons. The molecule has 0 aliphatic carbocycles. The van der Waals surface area contributed by atoms with Gasteiger partial charge in [0.25, 0.3) is 5.90 Å². The summed E-state index contributed by atoms with van der Waals surface area (Å²) in [6.07, 6.45) is 5.09. The van der Waals surface area contributed by atoms with Crippen molar-refractivity contribution in [2.45, 2.75) is 6.92 Å². The monoisotopic (exact) mass is 323 g/mol. The Labute approximate surface area is 137 Å². The van der Waals surface area contributed by atoms with E-state index in [4.69, 9.17) is 18.6 Å². The summed E-state index contributed by atoms with van der Waals surface area (Å²) in [6, 6.07) is 9.04. The number of fused-ring (bicyclic) bond motifs is 1. The van der Waals surface area contributed by atoms with Crippen molar-refractivity contribution in [2.24, 2.45) is 4.99 Å². The average Bonchev–Trinajstić information content (AvgIpc) is 3.28. The Morgan fingerprint density at radius 3 is 2.92 bits per heavy atom. The smallest absolute Gasteiger partial charge is 0.363 e. The first-order valence-corrected chi connectivity index (χ1v) is 7.33. The molecule has 6 nitrogen and oxygen atoms in total. The Kier molecular flexibility index (Phi) is 3.42. The number of cyclic esters (lactones) is 1. The molecule has 0 saturated heterocycles. The largest absolute Gasteiger partial charge is 0.459 e. The molecule has 0 amide bonds. The number of ether oxygens (including phenoxy) is 3. The van der Waals surface area contributed by atoms with Gasteiger partial charge in [-0.2, -0.15) is 0 Å². The predicted octanol–water partition coefficient (Wildman–Crippen LogP) is 3.30. The summed E-state index contributed by atoms with van der Waals surface area (Å²) >= 11 is 0. The van der Waals surface area contributed by atoms with Crippen LogP contribution in [-0.2, 0) is 9.53 Å². The van der Waals surface area contributed by atoms with E-state index in [-0.39, 0.29) is 18.4 Å². The highest BCUT2D eigenvalue weighted by Crippen LogP contribution is 2.33. The highest BCUT2D eigenvalue weighted by Gasteiger charge is 2.25. The van der Waals surface area contributed by atoms with Gasteiger partial charge in [0.2, 0.25) is 6.79 Å². The SMILES string of the molecule is CC(/C=C1\N=C(c2ccco2)OC1=O)=C\c1ccc2c(c1)OCO2. The number of esters is 1. The maximum Gasteiger partial charge on any atom is 0.363 e. The van der Waals surface area contributed by atoms with Gasteiger partial charge < -0.3 is 18.6 Å². The molecule has 0 radical (unpaired) electrons. The molecule has 0 fully saturated rings. The maximum atomic E-state index is 11.9. The minimum atomic E-state index is -0.500. The molecule has 0 unspecified atom stereocenters. The molecule has 0 saturated carbocycles. The van der Waals surface area contributed by atoms with Crippen LogP contribution in [0.5, 0.6) is 11.5 Å². The van der Waals surface area contributed by atoms with E-state index < -0.39 is 5.97 Å². The third-order valence-electron chi connectivity index (χ3n) is 3.51. The lowest BCUT2D eigenvalue weighted by Gasteiger charge is -1.99. The highest BCUT2D eigenvalue weighted by molar-refractivity contribution is 6.10. The number of furan rings is 1. The Balaban J connectivity index is 1.59. The van der Waals surface area contributed by atoms with E-state index in [1.54, 1.807) is 18.2 Å². The van der Waals surface area contributed by atoms with E-state index >= 15 is 0 Å². The van der Waals surface area contributed by atoms with Gasteiger partial charge in [-0.25, -0.2) is 9.79 Å². The van der Waals surface area contributed by atoms with E-state index in [9.17, 15) is 4.79 Å². The van der Waals surface area contributed by atoms with E-state index in [0.29, 0.717) is 11.5 Å². The van der Waals surface area contributed by atoms with Crippen LogP contribution >= 0.6 is 0 Å². The Bertz CT molecular complexity index is 890. The van der Waals surface area contributed by atoms with Crippen molar-refractivity contribution < 1.29 is 23.4 Å². The fourth-order valence-corrected chi connectivity index (χ4v) is 2.44.